The molecule has 0 saturated heterocycles. The van der Waals surface area contributed by atoms with Crippen molar-refractivity contribution in [3.63, 3.8) is 0 Å². The molecule has 0 spiro atoms. The first-order chi connectivity index (χ1) is 20.7. The number of aromatic nitrogens is 1. The molecule has 44 heavy (non-hydrogen) atoms. The summed E-state index contributed by atoms with van der Waals surface area (Å²) in [5.41, 5.74) is 2.84. The van der Waals surface area contributed by atoms with Crippen LogP contribution >= 0.6 is 0 Å². The lowest BCUT2D eigenvalue weighted by molar-refractivity contribution is -0.153. The number of rotatable bonds is 8. The van der Waals surface area contributed by atoms with Crippen molar-refractivity contribution in [1.29, 1.82) is 0 Å². The van der Waals surface area contributed by atoms with Crippen molar-refractivity contribution < 1.29 is 36.7 Å². The molecule has 0 atom stereocenters. The van der Waals surface area contributed by atoms with Crippen LogP contribution in [0, 0.1) is 12.7 Å². The van der Waals surface area contributed by atoms with Crippen LogP contribution in [-0.2, 0) is 29.5 Å². The number of hydrogen-bond acceptors (Lipinski definition) is 4. The van der Waals surface area contributed by atoms with E-state index >= 15 is 0 Å². The fourth-order valence-electron chi connectivity index (χ4n) is 4.92. The summed E-state index contributed by atoms with van der Waals surface area (Å²) in [5.74, 6) is -3.18. The topological polar surface area (TPSA) is 83.6 Å². The first-order valence-electron chi connectivity index (χ1n) is 13.7. The van der Waals surface area contributed by atoms with E-state index < -0.39 is 35.0 Å². The van der Waals surface area contributed by atoms with Gasteiger partial charge in [-0.3, -0.25) is 14.6 Å². The Labute approximate surface area is 250 Å². The van der Waals surface area contributed by atoms with Crippen LogP contribution in [0.4, 0.5) is 17.6 Å². The van der Waals surface area contributed by atoms with Gasteiger partial charge in [0.25, 0.3) is 5.91 Å². The molecule has 0 radical (unpaired) electrons. The molecule has 0 saturated carbocycles. The molecule has 6 nitrogen and oxygen atoms in total. The van der Waals surface area contributed by atoms with Crippen molar-refractivity contribution in [3.8, 4) is 11.1 Å². The lowest BCUT2D eigenvalue weighted by Gasteiger charge is -2.23. The molecule has 2 aromatic heterocycles. The van der Waals surface area contributed by atoms with Gasteiger partial charge in [-0.1, -0.05) is 48.5 Å². The predicted molar refractivity (Wildman–Crippen MR) is 156 cm³/mol. The Balaban J connectivity index is 1.48. The number of furan rings is 1. The number of hydrogen-bond donors (Lipinski definition) is 1. The third-order valence-corrected chi connectivity index (χ3v) is 7.48. The van der Waals surface area contributed by atoms with Gasteiger partial charge in [0.2, 0.25) is 5.76 Å². The number of halogens is 4. The summed E-state index contributed by atoms with van der Waals surface area (Å²) in [6, 6.07) is 21.9. The van der Waals surface area contributed by atoms with Gasteiger partial charge in [0.05, 0.1) is 23.0 Å². The number of pyridine rings is 1. The molecule has 3 aromatic carbocycles. The predicted octanol–water partition coefficient (Wildman–Crippen LogP) is 8.17. The Bertz CT molecular complexity index is 1850. The molecule has 0 aliphatic carbocycles. The van der Waals surface area contributed by atoms with Crippen molar-refractivity contribution in [2.45, 2.75) is 45.5 Å². The summed E-state index contributed by atoms with van der Waals surface area (Å²) in [6.07, 6.45) is -4.68. The zero-order chi connectivity index (χ0) is 31.8. The van der Waals surface area contributed by atoms with Gasteiger partial charge in [0, 0.05) is 23.7 Å². The van der Waals surface area contributed by atoms with E-state index in [0.717, 1.165) is 17.2 Å². The fraction of sp³-hybridized carbons (Fsp3) is 0.206. The van der Waals surface area contributed by atoms with Crippen LogP contribution in [0.1, 0.15) is 52.5 Å². The number of fused-ring (bicyclic) bond motifs is 1. The van der Waals surface area contributed by atoms with Crippen molar-refractivity contribution >= 4 is 22.8 Å². The molecular weight excluding hydrogens is 576 g/mol. The number of carboxylic acids is 1. The summed E-state index contributed by atoms with van der Waals surface area (Å²) in [5, 5.41) is 10.0. The minimum absolute atomic E-state index is 0.0251. The highest BCUT2D eigenvalue weighted by Crippen LogP contribution is 2.32. The Morgan fingerprint density at radius 2 is 1.61 bits per heavy atom. The fourth-order valence-corrected chi connectivity index (χ4v) is 4.92. The summed E-state index contributed by atoms with van der Waals surface area (Å²) >= 11 is 0. The van der Waals surface area contributed by atoms with Gasteiger partial charge in [-0.15, -0.1) is 0 Å². The van der Waals surface area contributed by atoms with Crippen LogP contribution in [0.25, 0.3) is 22.0 Å². The van der Waals surface area contributed by atoms with Crippen molar-refractivity contribution in [2.24, 2.45) is 0 Å². The number of benzene rings is 3. The normalized spacial score (nSPS) is 12.0. The zero-order valence-electron chi connectivity index (χ0n) is 24.1. The quantitative estimate of drug-likeness (QED) is 0.181. The number of nitrogens with zero attached hydrogens (tertiary/aromatic N) is 2. The zero-order valence-corrected chi connectivity index (χ0v) is 24.1. The van der Waals surface area contributed by atoms with Crippen molar-refractivity contribution in [3.05, 3.63) is 125 Å². The van der Waals surface area contributed by atoms with E-state index in [0.29, 0.717) is 22.2 Å². The molecular formula is C34H28F4N2O4. The molecule has 1 N–H and O–H groups in total. The number of amides is 1. The highest BCUT2D eigenvalue weighted by molar-refractivity contribution is 6.06. The molecule has 2 heterocycles. The number of carboxylic acid groups (broad SMARTS) is 1. The first-order valence-corrected chi connectivity index (χ1v) is 13.7. The third kappa shape index (κ3) is 6.34. The number of aliphatic carboxylic acids is 1. The van der Waals surface area contributed by atoms with Gasteiger partial charge in [-0.2, -0.15) is 13.2 Å². The molecule has 0 aliphatic rings. The van der Waals surface area contributed by atoms with Gasteiger partial charge in [0.1, 0.15) is 11.6 Å². The number of alkyl halides is 3. The van der Waals surface area contributed by atoms with Crippen LogP contribution in [0.3, 0.4) is 0 Å². The summed E-state index contributed by atoms with van der Waals surface area (Å²) in [7, 11) is 0. The maximum atomic E-state index is 14.0. The van der Waals surface area contributed by atoms with E-state index in [1.807, 2.05) is 24.3 Å². The van der Waals surface area contributed by atoms with Gasteiger partial charge >= 0.3 is 12.1 Å². The highest BCUT2D eigenvalue weighted by Gasteiger charge is 2.35. The molecule has 1 amide bonds. The Kier molecular flexibility index (Phi) is 8.03. The van der Waals surface area contributed by atoms with E-state index in [1.54, 1.807) is 51.1 Å². The minimum atomic E-state index is -4.68. The van der Waals surface area contributed by atoms with E-state index in [1.165, 1.54) is 29.2 Å². The average molecular weight is 605 g/mol. The van der Waals surface area contributed by atoms with Crippen LogP contribution in [-0.4, -0.2) is 26.9 Å². The molecule has 0 aliphatic heterocycles. The van der Waals surface area contributed by atoms with Crippen LogP contribution < -0.4 is 0 Å². The van der Waals surface area contributed by atoms with Crippen molar-refractivity contribution in [2.75, 3.05) is 0 Å². The maximum absolute atomic E-state index is 14.0. The minimum Gasteiger partial charge on any atom is -0.481 e. The molecule has 5 aromatic rings. The second-order valence-corrected chi connectivity index (χ2v) is 11.1. The maximum Gasteiger partial charge on any atom is 0.449 e. The van der Waals surface area contributed by atoms with E-state index in [9.17, 15) is 32.3 Å². The monoisotopic (exact) mass is 604 g/mol. The average Bonchev–Trinajstić information content (AvgIpc) is 3.45. The summed E-state index contributed by atoms with van der Waals surface area (Å²) in [6.45, 7) is 4.69. The summed E-state index contributed by atoms with van der Waals surface area (Å²) < 4.78 is 58.7. The lowest BCUT2D eigenvalue weighted by Crippen LogP contribution is -2.30. The highest BCUT2D eigenvalue weighted by atomic mass is 19.4. The number of aryl methyl sites for hydroxylation is 1. The van der Waals surface area contributed by atoms with Crippen LogP contribution in [0.2, 0.25) is 0 Å². The van der Waals surface area contributed by atoms with Crippen molar-refractivity contribution in [1.82, 2.24) is 9.88 Å². The Hall–Kier alpha value is -4.99. The van der Waals surface area contributed by atoms with Gasteiger partial charge in [-0.05, 0) is 73.4 Å². The van der Waals surface area contributed by atoms with Crippen LogP contribution in [0.15, 0.2) is 89.3 Å². The van der Waals surface area contributed by atoms with Gasteiger partial charge in [0.15, 0.2) is 0 Å². The van der Waals surface area contributed by atoms with E-state index in [2.05, 4.69) is 4.98 Å². The molecule has 0 unspecified atom stereocenters. The molecule has 5 rings (SSSR count). The lowest BCUT2D eigenvalue weighted by atomic mass is 9.83. The molecule has 226 valence electrons. The standard InChI is InChI=1S/C34H28F4N2O4/c1-20-15-28(27-13-11-25(35)17-29(27)39-20)31(41)40(19-26-12-14-30(44-26)34(36,37)38)18-21-7-9-22(10-8-21)23-5-4-6-24(16-23)33(2,3)32(42)43/h4-17H,18-19H2,1-3H3,(H,42,43). The summed E-state index contributed by atoms with van der Waals surface area (Å²) in [4.78, 5) is 31.4. The van der Waals surface area contributed by atoms with E-state index in [-0.39, 0.29) is 29.9 Å². The smallest absolute Gasteiger partial charge is 0.449 e. The molecule has 0 bridgehead atoms. The first kappa shape index (κ1) is 30.5. The number of carbonyl (C=O) groups is 2. The number of carbonyl (C=O) groups excluding carboxylic acids is 1. The van der Waals surface area contributed by atoms with Crippen LogP contribution in [0.5, 0.6) is 0 Å². The molecule has 0 fully saturated rings. The second-order valence-electron chi connectivity index (χ2n) is 11.1. The SMILES string of the molecule is Cc1cc(C(=O)N(Cc2ccc(-c3cccc(C(C)(C)C(=O)O)c3)cc2)Cc2ccc(C(F)(F)F)o2)c2ccc(F)cc2n1. The Morgan fingerprint density at radius 3 is 2.27 bits per heavy atom. The second kappa shape index (κ2) is 11.6. The Morgan fingerprint density at radius 1 is 0.886 bits per heavy atom. The molecule has 10 heteroatoms. The van der Waals surface area contributed by atoms with Gasteiger partial charge in [-0.25, -0.2) is 4.39 Å². The largest absolute Gasteiger partial charge is 0.481 e. The van der Waals surface area contributed by atoms with E-state index in [4.69, 9.17) is 4.42 Å². The third-order valence-electron chi connectivity index (χ3n) is 7.48. The van der Waals surface area contributed by atoms with Gasteiger partial charge < -0.3 is 14.4 Å².